The first-order valence-electron chi connectivity index (χ1n) is 4.33. The maximum Gasteiger partial charge on any atom is 0.233 e. The summed E-state index contributed by atoms with van der Waals surface area (Å²) in [7, 11) is 0. The van der Waals surface area contributed by atoms with E-state index in [1.807, 2.05) is 6.92 Å². The molecule has 0 unspecified atom stereocenters. The van der Waals surface area contributed by atoms with Crippen molar-refractivity contribution in [2.75, 3.05) is 5.32 Å². The summed E-state index contributed by atoms with van der Waals surface area (Å²) in [6.45, 7) is 1.81. The number of nitrogens with one attached hydrogen (secondary N) is 1. The highest BCUT2D eigenvalue weighted by molar-refractivity contribution is 6.30. The van der Waals surface area contributed by atoms with Gasteiger partial charge in [0.05, 0.1) is 0 Å². The second-order valence-corrected chi connectivity index (χ2v) is 3.59. The lowest BCUT2D eigenvalue weighted by Crippen LogP contribution is -2.21. The molecular weight excluding hydrogens is 216 g/mol. The van der Waals surface area contributed by atoms with E-state index in [-0.39, 0.29) is 6.42 Å². The monoisotopic (exact) mass is 226 g/mol. The van der Waals surface area contributed by atoms with E-state index in [4.69, 9.17) is 17.3 Å². The van der Waals surface area contributed by atoms with Gasteiger partial charge in [0, 0.05) is 10.7 Å². The average Bonchev–Trinajstić information content (AvgIpc) is 2.08. The molecule has 4 nitrogen and oxygen atoms in total. The Labute approximate surface area is 92.4 Å². The van der Waals surface area contributed by atoms with Gasteiger partial charge in [-0.15, -0.1) is 0 Å². The summed E-state index contributed by atoms with van der Waals surface area (Å²) in [6, 6.07) is 5.06. The maximum atomic E-state index is 11.2. The maximum absolute atomic E-state index is 11.2. The predicted molar refractivity (Wildman–Crippen MR) is 58.6 cm³/mol. The highest BCUT2D eigenvalue weighted by Crippen LogP contribution is 2.19. The third-order valence-corrected chi connectivity index (χ3v) is 2.03. The van der Waals surface area contributed by atoms with Gasteiger partial charge in [0.1, 0.15) is 6.42 Å². The first-order chi connectivity index (χ1) is 6.99. The first-order valence-corrected chi connectivity index (χ1v) is 4.71. The molecule has 80 valence electrons. The van der Waals surface area contributed by atoms with Crippen molar-refractivity contribution in [2.24, 2.45) is 5.73 Å². The van der Waals surface area contributed by atoms with Crippen molar-refractivity contribution in [3.8, 4) is 0 Å². The van der Waals surface area contributed by atoms with Crippen LogP contribution in [0.25, 0.3) is 0 Å². The van der Waals surface area contributed by atoms with E-state index in [9.17, 15) is 9.59 Å². The number of hydrogen-bond acceptors (Lipinski definition) is 2. The highest BCUT2D eigenvalue weighted by atomic mass is 35.5. The van der Waals surface area contributed by atoms with Gasteiger partial charge in [-0.1, -0.05) is 11.6 Å². The van der Waals surface area contributed by atoms with Crippen LogP contribution in [-0.2, 0) is 9.59 Å². The van der Waals surface area contributed by atoms with Crippen molar-refractivity contribution in [1.29, 1.82) is 0 Å². The van der Waals surface area contributed by atoms with Crippen LogP contribution >= 0.6 is 11.6 Å². The van der Waals surface area contributed by atoms with Gasteiger partial charge in [-0.25, -0.2) is 0 Å². The molecule has 0 aliphatic carbocycles. The fourth-order valence-electron chi connectivity index (χ4n) is 1.12. The van der Waals surface area contributed by atoms with Crippen LogP contribution in [0.15, 0.2) is 18.2 Å². The number of carbonyl (C=O) groups is 2. The third kappa shape index (κ3) is 3.59. The summed E-state index contributed by atoms with van der Waals surface area (Å²) < 4.78 is 0. The zero-order chi connectivity index (χ0) is 11.4. The topological polar surface area (TPSA) is 72.2 Å². The Balaban J connectivity index is 2.72. The normalized spacial score (nSPS) is 9.73. The number of rotatable bonds is 3. The van der Waals surface area contributed by atoms with Crippen LogP contribution in [0.3, 0.4) is 0 Å². The fraction of sp³-hybridized carbons (Fsp3) is 0.200. The Morgan fingerprint density at radius 1 is 1.47 bits per heavy atom. The fourth-order valence-corrected chi connectivity index (χ4v) is 1.35. The second-order valence-electron chi connectivity index (χ2n) is 3.15. The molecule has 1 aromatic carbocycles. The Bertz CT molecular complexity index is 404. The van der Waals surface area contributed by atoms with Crippen LogP contribution in [-0.4, -0.2) is 11.8 Å². The van der Waals surface area contributed by atoms with Crippen molar-refractivity contribution in [1.82, 2.24) is 0 Å². The van der Waals surface area contributed by atoms with Crippen molar-refractivity contribution >= 4 is 29.1 Å². The van der Waals surface area contributed by atoms with Crippen molar-refractivity contribution in [3.63, 3.8) is 0 Å². The molecule has 0 aliphatic rings. The number of nitrogens with two attached hydrogens (primary N) is 1. The highest BCUT2D eigenvalue weighted by Gasteiger charge is 2.07. The molecule has 2 amide bonds. The molecule has 3 N–H and O–H groups in total. The molecule has 0 fully saturated rings. The molecule has 0 saturated heterocycles. The van der Waals surface area contributed by atoms with E-state index in [2.05, 4.69) is 5.32 Å². The molecule has 0 saturated carbocycles. The van der Waals surface area contributed by atoms with Crippen LogP contribution in [0.5, 0.6) is 0 Å². The molecule has 0 aliphatic heterocycles. The molecule has 0 atom stereocenters. The lowest BCUT2D eigenvalue weighted by Gasteiger charge is -2.07. The van der Waals surface area contributed by atoms with E-state index in [0.29, 0.717) is 10.7 Å². The molecule has 5 heteroatoms. The zero-order valence-electron chi connectivity index (χ0n) is 8.21. The van der Waals surface area contributed by atoms with Gasteiger partial charge in [0.15, 0.2) is 0 Å². The standard InChI is InChI=1S/C10H11ClN2O2/c1-6-4-7(11)2-3-8(6)13-10(15)5-9(12)14/h2-4H,5H2,1H3,(H2,12,14)(H,13,15). The number of anilines is 1. The number of aryl methyl sites for hydroxylation is 1. The largest absolute Gasteiger partial charge is 0.369 e. The minimum absolute atomic E-state index is 0.317. The SMILES string of the molecule is Cc1cc(Cl)ccc1NC(=O)CC(N)=O. The molecule has 0 heterocycles. The van der Waals surface area contributed by atoms with E-state index in [1.54, 1.807) is 18.2 Å². The smallest absolute Gasteiger partial charge is 0.233 e. The number of primary amides is 1. The Kier molecular flexibility index (Phi) is 3.68. The summed E-state index contributed by atoms with van der Waals surface area (Å²) in [4.78, 5) is 21.7. The van der Waals surface area contributed by atoms with Crippen molar-refractivity contribution < 1.29 is 9.59 Å². The van der Waals surface area contributed by atoms with Crippen LogP contribution in [0.1, 0.15) is 12.0 Å². The Hall–Kier alpha value is -1.55. The molecular formula is C10H11ClN2O2. The van der Waals surface area contributed by atoms with E-state index < -0.39 is 11.8 Å². The summed E-state index contributed by atoms with van der Waals surface area (Å²) in [5, 5.41) is 3.17. The summed E-state index contributed by atoms with van der Waals surface area (Å²) in [5.74, 6) is -1.08. The van der Waals surface area contributed by atoms with Crippen LogP contribution in [0, 0.1) is 6.92 Å². The molecule has 1 rings (SSSR count). The van der Waals surface area contributed by atoms with Crippen LogP contribution in [0.2, 0.25) is 5.02 Å². The lowest BCUT2D eigenvalue weighted by molar-refractivity contribution is -0.124. The predicted octanol–water partition coefficient (Wildman–Crippen LogP) is 1.46. The number of carbonyl (C=O) groups excluding carboxylic acids is 2. The molecule has 15 heavy (non-hydrogen) atoms. The Morgan fingerprint density at radius 3 is 2.67 bits per heavy atom. The molecule has 1 aromatic rings. The van der Waals surface area contributed by atoms with Gasteiger partial charge >= 0.3 is 0 Å². The summed E-state index contributed by atoms with van der Waals surface area (Å²) in [6.07, 6.45) is -0.317. The zero-order valence-corrected chi connectivity index (χ0v) is 8.97. The Morgan fingerprint density at radius 2 is 2.13 bits per heavy atom. The van der Waals surface area contributed by atoms with Gasteiger partial charge in [-0.05, 0) is 30.7 Å². The van der Waals surface area contributed by atoms with E-state index in [0.717, 1.165) is 5.56 Å². The van der Waals surface area contributed by atoms with Gasteiger partial charge < -0.3 is 11.1 Å². The molecule has 0 spiro atoms. The lowest BCUT2D eigenvalue weighted by atomic mass is 10.2. The third-order valence-electron chi connectivity index (χ3n) is 1.80. The molecule has 0 radical (unpaired) electrons. The molecule has 0 bridgehead atoms. The summed E-state index contributed by atoms with van der Waals surface area (Å²) >= 11 is 5.75. The first kappa shape index (κ1) is 11.5. The van der Waals surface area contributed by atoms with Gasteiger partial charge in [0.25, 0.3) is 0 Å². The minimum Gasteiger partial charge on any atom is -0.369 e. The van der Waals surface area contributed by atoms with Gasteiger partial charge in [0.2, 0.25) is 11.8 Å². The van der Waals surface area contributed by atoms with E-state index in [1.165, 1.54) is 0 Å². The average molecular weight is 227 g/mol. The number of hydrogen-bond donors (Lipinski definition) is 2. The second kappa shape index (κ2) is 4.79. The van der Waals surface area contributed by atoms with Crippen molar-refractivity contribution in [2.45, 2.75) is 13.3 Å². The van der Waals surface area contributed by atoms with Crippen LogP contribution in [0.4, 0.5) is 5.69 Å². The van der Waals surface area contributed by atoms with Crippen LogP contribution < -0.4 is 11.1 Å². The van der Waals surface area contributed by atoms with Gasteiger partial charge in [-0.3, -0.25) is 9.59 Å². The minimum atomic E-state index is -0.654. The number of benzene rings is 1. The van der Waals surface area contributed by atoms with Crippen molar-refractivity contribution in [3.05, 3.63) is 28.8 Å². The van der Waals surface area contributed by atoms with E-state index >= 15 is 0 Å². The molecule has 0 aromatic heterocycles. The summed E-state index contributed by atoms with van der Waals surface area (Å²) in [5.41, 5.74) is 6.35. The number of amides is 2. The number of halogens is 1. The quantitative estimate of drug-likeness (QED) is 0.766. The van der Waals surface area contributed by atoms with Gasteiger partial charge in [-0.2, -0.15) is 0 Å².